The minimum absolute atomic E-state index is 0.183. The average molecular weight is 214 g/mol. The fraction of sp³-hybridized carbons (Fsp3) is 0.111. The van der Waals surface area contributed by atoms with Crippen molar-refractivity contribution in [2.75, 3.05) is 7.11 Å². The number of carbonyl (C=O) groups is 1. The molecule has 1 heterocycles. The van der Waals surface area contributed by atoms with Crippen molar-refractivity contribution in [3.63, 3.8) is 0 Å². The van der Waals surface area contributed by atoms with Gasteiger partial charge in [-0.15, -0.1) is 0 Å². The van der Waals surface area contributed by atoms with Crippen LogP contribution in [0.5, 0.6) is 0 Å². The molecule has 0 N–H and O–H groups in total. The van der Waals surface area contributed by atoms with Crippen LogP contribution in [0.3, 0.4) is 0 Å². The van der Waals surface area contributed by atoms with E-state index in [1.807, 2.05) is 0 Å². The number of nitrogens with zero attached hydrogens (tertiary/aromatic N) is 1. The topological polar surface area (TPSA) is 39.2 Å². The molecule has 0 aromatic carbocycles. The molecule has 0 radical (unpaired) electrons. The van der Waals surface area contributed by atoms with Gasteiger partial charge in [0.1, 0.15) is 0 Å². The van der Waals surface area contributed by atoms with Gasteiger partial charge in [0.05, 0.1) is 12.1 Å². The Bertz CT molecular complexity index is 423. The Morgan fingerprint density at radius 2 is 2.43 bits per heavy atom. The molecule has 0 saturated heterocycles. The summed E-state index contributed by atoms with van der Waals surface area (Å²) < 4.78 is 16.9. The van der Waals surface area contributed by atoms with E-state index in [4.69, 9.17) is 11.6 Å². The summed E-state index contributed by atoms with van der Waals surface area (Å²) in [6, 6.07) is 1.04. The standard InChI is InChI=1S/C9H5ClFNO2/c1-14-9(13)3-2-6-4-8(11)12-5-7(6)10/h4-5H,1H3. The van der Waals surface area contributed by atoms with Crippen molar-refractivity contribution in [3.8, 4) is 11.8 Å². The predicted molar refractivity (Wildman–Crippen MR) is 48.1 cm³/mol. The lowest BCUT2D eigenvalue weighted by atomic mass is 10.3. The number of hydrogen-bond donors (Lipinski definition) is 0. The van der Waals surface area contributed by atoms with Crippen molar-refractivity contribution in [1.82, 2.24) is 4.98 Å². The van der Waals surface area contributed by atoms with Crippen LogP contribution in [-0.2, 0) is 9.53 Å². The van der Waals surface area contributed by atoms with Gasteiger partial charge in [-0.1, -0.05) is 17.5 Å². The second kappa shape index (κ2) is 4.58. The highest BCUT2D eigenvalue weighted by atomic mass is 35.5. The van der Waals surface area contributed by atoms with E-state index in [1.165, 1.54) is 7.11 Å². The van der Waals surface area contributed by atoms with Crippen LogP contribution in [0.15, 0.2) is 12.3 Å². The highest BCUT2D eigenvalue weighted by Gasteiger charge is 2.00. The third kappa shape index (κ3) is 2.71. The zero-order valence-electron chi connectivity index (χ0n) is 7.17. The third-order valence-electron chi connectivity index (χ3n) is 1.31. The third-order valence-corrected chi connectivity index (χ3v) is 1.61. The lowest BCUT2D eigenvalue weighted by Gasteiger charge is -1.93. The number of hydrogen-bond acceptors (Lipinski definition) is 3. The largest absolute Gasteiger partial charge is 0.459 e. The van der Waals surface area contributed by atoms with Crippen molar-refractivity contribution in [3.05, 3.63) is 28.8 Å². The van der Waals surface area contributed by atoms with Gasteiger partial charge in [0.15, 0.2) is 0 Å². The molecule has 72 valence electrons. The van der Waals surface area contributed by atoms with Crippen LogP contribution in [0.4, 0.5) is 4.39 Å². The molecule has 0 amide bonds. The van der Waals surface area contributed by atoms with Gasteiger partial charge >= 0.3 is 5.97 Å². The Labute approximate surface area is 84.9 Å². The van der Waals surface area contributed by atoms with Gasteiger partial charge in [0.2, 0.25) is 5.95 Å². The lowest BCUT2D eigenvalue weighted by Crippen LogP contribution is -1.95. The van der Waals surface area contributed by atoms with E-state index in [9.17, 15) is 9.18 Å². The predicted octanol–water partition coefficient (Wildman–Crippen LogP) is 1.40. The maximum absolute atomic E-state index is 12.6. The quantitative estimate of drug-likeness (QED) is 0.372. The fourth-order valence-corrected chi connectivity index (χ4v) is 0.829. The SMILES string of the molecule is COC(=O)C#Cc1cc(F)ncc1Cl. The summed E-state index contributed by atoms with van der Waals surface area (Å²) >= 11 is 5.64. The first-order valence-electron chi connectivity index (χ1n) is 3.54. The molecule has 0 fully saturated rings. The second-order valence-corrected chi connectivity index (χ2v) is 2.64. The molecular weight excluding hydrogens is 209 g/mol. The average Bonchev–Trinajstić information content (AvgIpc) is 2.19. The van der Waals surface area contributed by atoms with E-state index in [0.29, 0.717) is 0 Å². The van der Waals surface area contributed by atoms with E-state index in [-0.39, 0.29) is 10.6 Å². The normalized spacial score (nSPS) is 8.79. The van der Waals surface area contributed by atoms with Crippen LogP contribution in [0.1, 0.15) is 5.56 Å². The molecule has 3 nitrogen and oxygen atoms in total. The summed E-state index contributed by atoms with van der Waals surface area (Å²) in [5.74, 6) is 3.08. The van der Waals surface area contributed by atoms with Crippen molar-refractivity contribution in [1.29, 1.82) is 0 Å². The summed E-state index contributed by atoms with van der Waals surface area (Å²) in [5, 5.41) is 0.183. The van der Waals surface area contributed by atoms with Gasteiger partial charge in [-0.3, -0.25) is 0 Å². The van der Waals surface area contributed by atoms with Gasteiger partial charge in [0, 0.05) is 23.7 Å². The number of halogens is 2. The Hall–Kier alpha value is -1.60. The van der Waals surface area contributed by atoms with E-state index in [2.05, 4.69) is 21.6 Å². The Morgan fingerprint density at radius 1 is 1.71 bits per heavy atom. The molecule has 1 aromatic rings. The van der Waals surface area contributed by atoms with Crippen LogP contribution in [0, 0.1) is 17.8 Å². The Morgan fingerprint density at radius 3 is 3.07 bits per heavy atom. The number of esters is 1. The maximum Gasteiger partial charge on any atom is 0.384 e. The number of aromatic nitrogens is 1. The van der Waals surface area contributed by atoms with E-state index in [1.54, 1.807) is 0 Å². The number of pyridine rings is 1. The summed E-state index contributed by atoms with van der Waals surface area (Å²) in [5.41, 5.74) is 0.199. The van der Waals surface area contributed by atoms with E-state index in [0.717, 1.165) is 12.3 Å². The van der Waals surface area contributed by atoms with Gasteiger partial charge in [-0.25, -0.2) is 9.78 Å². The molecule has 5 heteroatoms. The van der Waals surface area contributed by atoms with Crippen molar-refractivity contribution in [2.24, 2.45) is 0 Å². The first-order chi connectivity index (χ1) is 6.63. The number of methoxy groups -OCH3 is 1. The maximum atomic E-state index is 12.6. The fourth-order valence-electron chi connectivity index (χ4n) is 0.678. The van der Waals surface area contributed by atoms with Crippen LogP contribution < -0.4 is 0 Å². The van der Waals surface area contributed by atoms with E-state index >= 15 is 0 Å². The number of ether oxygens (including phenoxy) is 1. The molecule has 0 aliphatic heterocycles. The molecule has 0 unspecified atom stereocenters. The van der Waals surface area contributed by atoms with E-state index < -0.39 is 11.9 Å². The molecule has 0 atom stereocenters. The molecule has 14 heavy (non-hydrogen) atoms. The smallest absolute Gasteiger partial charge is 0.384 e. The van der Waals surface area contributed by atoms with Crippen LogP contribution in [0.2, 0.25) is 5.02 Å². The van der Waals surface area contributed by atoms with Crippen molar-refractivity contribution < 1.29 is 13.9 Å². The van der Waals surface area contributed by atoms with Gasteiger partial charge in [0.25, 0.3) is 0 Å². The summed E-state index contributed by atoms with van der Waals surface area (Å²) in [7, 11) is 1.20. The minimum atomic E-state index is -0.710. The van der Waals surface area contributed by atoms with Gasteiger partial charge < -0.3 is 4.74 Å². The zero-order chi connectivity index (χ0) is 10.6. The molecule has 0 aliphatic carbocycles. The van der Waals surface area contributed by atoms with Crippen LogP contribution in [-0.4, -0.2) is 18.1 Å². The van der Waals surface area contributed by atoms with Crippen LogP contribution in [0.25, 0.3) is 0 Å². The van der Waals surface area contributed by atoms with Gasteiger partial charge in [-0.2, -0.15) is 4.39 Å². The van der Waals surface area contributed by atoms with Crippen LogP contribution >= 0.6 is 11.6 Å². The first-order valence-corrected chi connectivity index (χ1v) is 3.92. The molecule has 1 rings (SSSR count). The molecule has 1 aromatic heterocycles. The minimum Gasteiger partial charge on any atom is -0.459 e. The van der Waals surface area contributed by atoms with Gasteiger partial charge in [-0.05, 0) is 0 Å². The summed E-state index contributed by atoms with van der Waals surface area (Å²) in [6.07, 6.45) is 1.12. The molecule has 0 bridgehead atoms. The van der Waals surface area contributed by atoms with Crippen molar-refractivity contribution >= 4 is 17.6 Å². The lowest BCUT2D eigenvalue weighted by molar-refractivity contribution is -0.133. The monoisotopic (exact) mass is 213 g/mol. The highest BCUT2D eigenvalue weighted by Crippen LogP contribution is 2.13. The number of rotatable bonds is 0. The zero-order valence-corrected chi connectivity index (χ0v) is 7.93. The molecule has 0 aliphatic rings. The number of carbonyl (C=O) groups excluding carboxylic acids is 1. The van der Waals surface area contributed by atoms with Crippen molar-refractivity contribution in [2.45, 2.75) is 0 Å². The molecule has 0 saturated carbocycles. The molecule has 0 spiro atoms. The summed E-state index contributed by atoms with van der Waals surface area (Å²) in [4.78, 5) is 13.9. The Kier molecular flexibility index (Phi) is 3.43. The second-order valence-electron chi connectivity index (χ2n) is 2.23. The Balaban J connectivity index is 3.00. The first kappa shape index (κ1) is 10.5. The summed E-state index contributed by atoms with van der Waals surface area (Å²) in [6.45, 7) is 0. The molecular formula is C9H5ClFNO2. The highest BCUT2D eigenvalue weighted by molar-refractivity contribution is 6.31.